The summed E-state index contributed by atoms with van der Waals surface area (Å²) >= 11 is 2.43. The maximum Gasteiger partial charge on any atom is 0.0701 e. The van der Waals surface area contributed by atoms with E-state index in [9.17, 15) is 0 Å². The van der Waals surface area contributed by atoms with Crippen molar-refractivity contribution < 1.29 is 28.4 Å². The van der Waals surface area contributed by atoms with Crippen LogP contribution in [0, 0.1) is 0 Å². The number of ether oxygens (including phenoxy) is 6. The van der Waals surface area contributed by atoms with Gasteiger partial charge in [0.1, 0.15) is 0 Å². The number of alkyl halides is 1. The van der Waals surface area contributed by atoms with Crippen LogP contribution < -0.4 is 0 Å². The highest BCUT2D eigenvalue weighted by Crippen LogP contribution is 2.03. The third-order valence-electron chi connectivity index (χ3n) is 4.42. The number of hydrogen-bond donors (Lipinski definition) is 0. The van der Waals surface area contributed by atoms with Gasteiger partial charge in [0, 0.05) is 13.2 Å². The SMILES string of the molecule is CCCCCCCOCCOCCOCCOCCOCCOCCCCCCI. The van der Waals surface area contributed by atoms with Crippen LogP contribution in [-0.4, -0.2) is 83.7 Å². The predicted octanol–water partition coefficient (Wildman–Crippen LogP) is 5.05. The second-order valence-electron chi connectivity index (χ2n) is 7.19. The van der Waals surface area contributed by atoms with Crippen LogP contribution in [-0.2, 0) is 28.4 Å². The van der Waals surface area contributed by atoms with Gasteiger partial charge in [-0.3, -0.25) is 0 Å². The van der Waals surface area contributed by atoms with Gasteiger partial charge in [0.05, 0.1) is 66.1 Å². The zero-order chi connectivity index (χ0) is 21.8. The number of rotatable bonds is 27. The van der Waals surface area contributed by atoms with Gasteiger partial charge in [-0.05, 0) is 23.7 Å². The molecule has 0 heterocycles. The molecule has 0 atom stereocenters. The lowest BCUT2D eigenvalue weighted by atomic mass is 10.2. The first-order valence-electron chi connectivity index (χ1n) is 11.9. The van der Waals surface area contributed by atoms with Crippen LogP contribution >= 0.6 is 22.6 Å². The second-order valence-corrected chi connectivity index (χ2v) is 8.27. The molecule has 0 radical (unpaired) electrons. The van der Waals surface area contributed by atoms with Crippen molar-refractivity contribution in [3.8, 4) is 0 Å². The maximum atomic E-state index is 5.55. The van der Waals surface area contributed by atoms with Crippen LogP contribution in [0.15, 0.2) is 0 Å². The van der Waals surface area contributed by atoms with Crippen LogP contribution in [0.2, 0.25) is 0 Å². The van der Waals surface area contributed by atoms with Crippen molar-refractivity contribution in [2.24, 2.45) is 0 Å². The molecule has 182 valence electrons. The molecule has 6 nitrogen and oxygen atoms in total. The molecule has 0 spiro atoms. The molecular formula is C23H47IO6. The highest BCUT2D eigenvalue weighted by Gasteiger charge is 1.95. The summed E-state index contributed by atoms with van der Waals surface area (Å²) in [7, 11) is 0. The van der Waals surface area contributed by atoms with E-state index in [1.807, 2.05) is 0 Å². The molecule has 0 aliphatic rings. The third kappa shape index (κ3) is 28.5. The summed E-state index contributed by atoms with van der Waals surface area (Å²) < 4.78 is 34.2. The predicted molar refractivity (Wildman–Crippen MR) is 131 cm³/mol. The normalized spacial score (nSPS) is 11.4. The quantitative estimate of drug-likeness (QED) is 0.0817. The standard InChI is InChI=1S/C23H47IO6/c1-2-3-4-6-9-12-25-14-16-27-18-20-29-22-23-30-21-19-28-17-15-26-13-10-7-5-8-11-24/h2-23H2,1H3. The molecule has 0 aliphatic heterocycles. The van der Waals surface area contributed by atoms with Crippen LogP contribution in [0.25, 0.3) is 0 Å². The minimum atomic E-state index is 0.582. The average molecular weight is 547 g/mol. The van der Waals surface area contributed by atoms with Crippen molar-refractivity contribution in [3.63, 3.8) is 0 Å². The molecule has 0 N–H and O–H groups in total. The molecule has 0 aromatic heterocycles. The first-order valence-corrected chi connectivity index (χ1v) is 13.5. The molecule has 0 rings (SSSR count). The van der Waals surface area contributed by atoms with Gasteiger partial charge in [-0.15, -0.1) is 0 Å². The average Bonchev–Trinajstić information content (AvgIpc) is 2.76. The Kier molecular flexibility index (Phi) is 30.0. The summed E-state index contributed by atoms with van der Waals surface area (Å²) in [5.41, 5.74) is 0. The second kappa shape index (κ2) is 29.5. The van der Waals surface area contributed by atoms with Crippen LogP contribution in [0.4, 0.5) is 0 Å². The van der Waals surface area contributed by atoms with E-state index < -0.39 is 0 Å². The van der Waals surface area contributed by atoms with Gasteiger partial charge >= 0.3 is 0 Å². The van der Waals surface area contributed by atoms with E-state index in [-0.39, 0.29) is 0 Å². The van der Waals surface area contributed by atoms with Crippen molar-refractivity contribution in [2.75, 3.05) is 83.7 Å². The molecule has 30 heavy (non-hydrogen) atoms. The van der Waals surface area contributed by atoms with E-state index in [1.165, 1.54) is 49.4 Å². The molecule has 0 amide bonds. The fourth-order valence-corrected chi connectivity index (χ4v) is 3.20. The van der Waals surface area contributed by atoms with Gasteiger partial charge in [-0.2, -0.15) is 0 Å². The van der Waals surface area contributed by atoms with Crippen LogP contribution in [0.1, 0.15) is 64.7 Å². The summed E-state index contributed by atoms with van der Waals surface area (Å²) in [6.45, 7) is 10.1. The first kappa shape index (κ1) is 30.5. The molecule has 0 saturated heterocycles. The van der Waals surface area contributed by atoms with Gasteiger partial charge in [0.15, 0.2) is 0 Å². The minimum Gasteiger partial charge on any atom is -0.379 e. The summed E-state index contributed by atoms with van der Waals surface area (Å²) in [5, 5.41) is 0. The number of halogens is 1. The fraction of sp³-hybridized carbons (Fsp3) is 1.00. The van der Waals surface area contributed by atoms with Crippen molar-refractivity contribution in [2.45, 2.75) is 64.7 Å². The van der Waals surface area contributed by atoms with Gasteiger partial charge in [-0.1, -0.05) is 68.0 Å². The monoisotopic (exact) mass is 546 g/mol. The minimum absolute atomic E-state index is 0.582. The highest BCUT2D eigenvalue weighted by atomic mass is 127. The van der Waals surface area contributed by atoms with Crippen LogP contribution in [0.3, 0.4) is 0 Å². The van der Waals surface area contributed by atoms with E-state index in [2.05, 4.69) is 29.5 Å². The third-order valence-corrected chi connectivity index (χ3v) is 5.19. The lowest BCUT2D eigenvalue weighted by Gasteiger charge is -2.08. The first-order chi connectivity index (χ1) is 14.9. The summed E-state index contributed by atoms with van der Waals surface area (Å²) in [6, 6.07) is 0. The molecule has 0 unspecified atom stereocenters. The van der Waals surface area contributed by atoms with Gasteiger partial charge in [-0.25, -0.2) is 0 Å². The summed E-state index contributed by atoms with van der Waals surface area (Å²) in [5.74, 6) is 0. The van der Waals surface area contributed by atoms with Gasteiger partial charge < -0.3 is 28.4 Å². The lowest BCUT2D eigenvalue weighted by molar-refractivity contribution is -0.0169. The zero-order valence-corrected chi connectivity index (χ0v) is 21.5. The Balaban J connectivity index is 2.97. The number of hydrogen-bond acceptors (Lipinski definition) is 6. The summed E-state index contributed by atoms with van der Waals surface area (Å²) in [4.78, 5) is 0. The highest BCUT2D eigenvalue weighted by molar-refractivity contribution is 14.1. The topological polar surface area (TPSA) is 55.4 Å². The molecule has 0 aromatic rings. The maximum absolute atomic E-state index is 5.55. The van der Waals surface area contributed by atoms with E-state index in [4.69, 9.17) is 28.4 Å². The Morgan fingerprint density at radius 1 is 0.367 bits per heavy atom. The number of unbranched alkanes of at least 4 members (excludes halogenated alkanes) is 7. The van der Waals surface area contributed by atoms with Crippen molar-refractivity contribution in [3.05, 3.63) is 0 Å². The van der Waals surface area contributed by atoms with Gasteiger partial charge in [0.2, 0.25) is 0 Å². The largest absolute Gasteiger partial charge is 0.379 e. The fourth-order valence-electron chi connectivity index (χ4n) is 2.66. The summed E-state index contributed by atoms with van der Waals surface area (Å²) in [6.07, 6.45) is 11.4. The molecule has 7 heteroatoms. The molecule has 0 bridgehead atoms. The van der Waals surface area contributed by atoms with E-state index >= 15 is 0 Å². The Morgan fingerprint density at radius 3 is 1.00 bits per heavy atom. The van der Waals surface area contributed by atoms with Crippen LogP contribution in [0.5, 0.6) is 0 Å². The lowest BCUT2D eigenvalue weighted by Crippen LogP contribution is -2.14. The zero-order valence-electron chi connectivity index (χ0n) is 19.4. The van der Waals surface area contributed by atoms with E-state index in [1.54, 1.807) is 0 Å². The van der Waals surface area contributed by atoms with Crippen molar-refractivity contribution in [1.29, 1.82) is 0 Å². The van der Waals surface area contributed by atoms with Crippen molar-refractivity contribution >= 4 is 22.6 Å². The Labute approximate surface area is 199 Å². The molecular weight excluding hydrogens is 499 g/mol. The molecule has 0 fully saturated rings. The molecule has 0 aromatic carbocycles. The van der Waals surface area contributed by atoms with E-state index in [0.29, 0.717) is 66.1 Å². The smallest absolute Gasteiger partial charge is 0.0701 e. The Bertz CT molecular complexity index is 269. The van der Waals surface area contributed by atoms with Crippen molar-refractivity contribution in [1.82, 2.24) is 0 Å². The Hall–Kier alpha value is 0.490. The Morgan fingerprint density at radius 2 is 0.667 bits per heavy atom. The van der Waals surface area contributed by atoms with Gasteiger partial charge in [0.25, 0.3) is 0 Å². The molecule has 0 aliphatic carbocycles. The van der Waals surface area contributed by atoms with E-state index in [0.717, 1.165) is 26.1 Å². The molecule has 0 saturated carbocycles.